The number of hydrogen-bond donors (Lipinski definition) is 0. The summed E-state index contributed by atoms with van der Waals surface area (Å²) in [7, 11) is 0. The highest BCUT2D eigenvalue weighted by Gasteiger charge is 2.28. The summed E-state index contributed by atoms with van der Waals surface area (Å²) in [6.07, 6.45) is 0.231. The van der Waals surface area contributed by atoms with Crippen LogP contribution in [0.15, 0.2) is 24.3 Å². The smallest absolute Gasteiger partial charge is 0.306 e. The van der Waals surface area contributed by atoms with Crippen LogP contribution in [0.2, 0.25) is 0 Å². The van der Waals surface area contributed by atoms with Crippen LogP contribution in [0.4, 0.5) is 0 Å². The molecule has 0 fully saturated rings. The average molecular weight is 370 g/mol. The van der Waals surface area contributed by atoms with E-state index in [9.17, 15) is 4.79 Å². The van der Waals surface area contributed by atoms with Gasteiger partial charge in [-0.3, -0.25) is 4.79 Å². The van der Waals surface area contributed by atoms with E-state index in [1.54, 1.807) is 0 Å². The molecule has 27 heavy (non-hydrogen) atoms. The zero-order valence-electron chi connectivity index (χ0n) is 15.7. The Bertz CT molecular complexity index is 825. The van der Waals surface area contributed by atoms with Crippen LogP contribution >= 0.6 is 0 Å². The zero-order chi connectivity index (χ0) is 19.0. The third kappa shape index (κ3) is 3.27. The Labute approximate surface area is 157 Å². The lowest BCUT2D eigenvalue weighted by Gasteiger charge is -2.22. The van der Waals surface area contributed by atoms with Crippen LogP contribution in [0, 0.1) is 13.8 Å². The van der Waals surface area contributed by atoms with Crippen LogP contribution < -0.4 is 18.9 Å². The summed E-state index contributed by atoms with van der Waals surface area (Å²) in [4.78, 5) is 12.4. The van der Waals surface area contributed by atoms with Crippen molar-refractivity contribution in [2.45, 2.75) is 33.1 Å². The van der Waals surface area contributed by atoms with Crippen molar-refractivity contribution in [1.29, 1.82) is 0 Å². The van der Waals surface area contributed by atoms with Crippen molar-refractivity contribution in [3.8, 4) is 23.0 Å². The van der Waals surface area contributed by atoms with Crippen LogP contribution in [-0.2, 0) is 9.53 Å². The molecule has 0 N–H and O–H groups in total. The standard InChI is InChI=1S/C21H22O6/c1-4-23-21(22)9-16(14-7-19-17(5-12(14)2)24-10-26-19)15-8-20-18(6-13(15)3)25-11-27-20/h5-8,16H,4,9-11H2,1-3H3. The Morgan fingerprint density at radius 3 is 1.78 bits per heavy atom. The molecule has 2 heterocycles. The lowest BCUT2D eigenvalue weighted by atomic mass is 9.83. The molecule has 0 atom stereocenters. The first-order valence-electron chi connectivity index (χ1n) is 9.02. The highest BCUT2D eigenvalue weighted by Crippen LogP contribution is 2.43. The molecule has 0 unspecified atom stereocenters. The molecule has 0 aliphatic carbocycles. The van der Waals surface area contributed by atoms with Crippen molar-refractivity contribution in [2.24, 2.45) is 0 Å². The van der Waals surface area contributed by atoms with E-state index in [-0.39, 0.29) is 31.9 Å². The second-order valence-electron chi connectivity index (χ2n) is 6.69. The number of aryl methyl sites for hydroxylation is 2. The number of hydrogen-bond acceptors (Lipinski definition) is 6. The van der Waals surface area contributed by atoms with Gasteiger partial charge in [0, 0.05) is 5.92 Å². The van der Waals surface area contributed by atoms with Crippen LogP contribution in [0.5, 0.6) is 23.0 Å². The molecule has 6 heteroatoms. The van der Waals surface area contributed by atoms with Crippen molar-refractivity contribution >= 4 is 5.97 Å². The van der Waals surface area contributed by atoms with Crippen molar-refractivity contribution in [1.82, 2.24) is 0 Å². The minimum Gasteiger partial charge on any atom is -0.466 e. The molecule has 0 saturated heterocycles. The maximum absolute atomic E-state index is 12.4. The third-order valence-corrected chi connectivity index (χ3v) is 4.95. The normalized spacial score (nSPS) is 13.9. The summed E-state index contributed by atoms with van der Waals surface area (Å²) in [6, 6.07) is 7.84. The van der Waals surface area contributed by atoms with E-state index in [0.29, 0.717) is 18.1 Å². The monoisotopic (exact) mass is 370 g/mol. The minimum absolute atomic E-state index is 0.187. The SMILES string of the molecule is CCOC(=O)CC(c1cc2c(cc1C)OCO2)c1cc2c(cc1C)OCO2. The van der Waals surface area contributed by atoms with Crippen molar-refractivity contribution < 1.29 is 28.5 Å². The molecular weight excluding hydrogens is 348 g/mol. The molecule has 142 valence electrons. The predicted octanol–water partition coefficient (Wildman–Crippen LogP) is 3.85. The molecule has 0 spiro atoms. The van der Waals surface area contributed by atoms with E-state index in [0.717, 1.165) is 33.8 Å². The second kappa shape index (κ2) is 7.02. The first-order valence-corrected chi connectivity index (χ1v) is 9.02. The fourth-order valence-electron chi connectivity index (χ4n) is 3.64. The lowest BCUT2D eigenvalue weighted by Crippen LogP contribution is -2.13. The highest BCUT2D eigenvalue weighted by atomic mass is 16.7. The predicted molar refractivity (Wildman–Crippen MR) is 97.7 cm³/mol. The maximum Gasteiger partial charge on any atom is 0.306 e. The van der Waals surface area contributed by atoms with Gasteiger partial charge in [0.15, 0.2) is 23.0 Å². The van der Waals surface area contributed by atoms with Crippen molar-refractivity contribution in [3.63, 3.8) is 0 Å². The van der Waals surface area contributed by atoms with Crippen LogP contribution in [-0.4, -0.2) is 26.2 Å². The summed E-state index contributed by atoms with van der Waals surface area (Å²) < 4.78 is 27.3. The number of carbonyl (C=O) groups is 1. The number of carbonyl (C=O) groups excluding carboxylic acids is 1. The van der Waals surface area contributed by atoms with E-state index >= 15 is 0 Å². The number of ether oxygens (including phenoxy) is 5. The van der Waals surface area contributed by atoms with Crippen LogP contribution in [0.25, 0.3) is 0 Å². The van der Waals surface area contributed by atoms with Crippen molar-refractivity contribution in [2.75, 3.05) is 20.2 Å². The van der Waals surface area contributed by atoms with E-state index in [1.165, 1.54) is 0 Å². The molecule has 2 aromatic carbocycles. The van der Waals surface area contributed by atoms with Crippen LogP contribution in [0.1, 0.15) is 41.5 Å². The van der Waals surface area contributed by atoms with E-state index < -0.39 is 0 Å². The molecule has 6 nitrogen and oxygen atoms in total. The zero-order valence-corrected chi connectivity index (χ0v) is 15.7. The quantitative estimate of drug-likeness (QED) is 0.745. The second-order valence-corrected chi connectivity index (χ2v) is 6.69. The average Bonchev–Trinajstić information content (AvgIpc) is 3.27. The third-order valence-electron chi connectivity index (χ3n) is 4.95. The fourth-order valence-corrected chi connectivity index (χ4v) is 3.64. The first-order chi connectivity index (χ1) is 13.1. The molecule has 2 aliphatic heterocycles. The van der Waals surface area contributed by atoms with Gasteiger partial charge in [0.2, 0.25) is 13.6 Å². The summed E-state index contributed by atoms with van der Waals surface area (Å²) >= 11 is 0. The number of esters is 1. The van der Waals surface area contributed by atoms with Gasteiger partial charge in [-0.05, 0) is 67.3 Å². The van der Waals surface area contributed by atoms with Crippen molar-refractivity contribution in [3.05, 3.63) is 46.5 Å². The molecular formula is C21H22O6. The van der Waals surface area contributed by atoms with E-state index in [2.05, 4.69) is 0 Å². The maximum atomic E-state index is 12.4. The minimum atomic E-state index is -0.239. The molecule has 2 aromatic rings. The first kappa shape index (κ1) is 17.5. The highest BCUT2D eigenvalue weighted by molar-refractivity contribution is 5.72. The van der Waals surface area contributed by atoms with Gasteiger partial charge in [0.1, 0.15) is 0 Å². The molecule has 0 amide bonds. The van der Waals surface area contributed by atoms with Gasteiger partial charge in [0.25, 0.3) is 0 Å². The molecule has 2 aliphatic rings. The molecule has 0 aromatic heterocycles. The van der Waals surface area contributed by atoms with Gasteiger partial charge < -0.3 is 23.7 Å². The van der Waals surface area contributed by atoms with Gasteiger partial charge >= 0.3 is 5.97 Å². The van der Waals surface area contributed by atoms with Gasteiger partial charge in [-0.25, -0.2) is 0 Å². The topological polar surface area (TPSA) is 63.2 Å². The Morgan fingerprint density at radius 2 is 1.33 bits per heavy atom. The molecule has 0 bridgehead atoms. The van der Waals surface area contributed by atoms with E-state index in [4.69, 9.17) is 23.7 Å². The van der Waals surface area contributed by atoms with Gasteiger partial charge in [0.05, 0.1) is 13.0 Å². The van der Waals surface area contributed by atoms with Gasteiger partial charge in [-0.2, -0.15) is 0 Å². The number of benzene rings is 2. The molecule has 0 saturated carbocycles. The lowest BCUT2D eigenvalue weighted by molar-refractivity contribution is -0.143. The summed E-state index contributed by atoms with van der Waals surface area (Å²) in [6.45, 7) is 6.61. The Balaban J connectivity index is 1.80. The largest absolute Gasteiger partial charge is 0.466 e. The summed E-state index contributed by atoms with van der Waals surface area (Å²) in [5.74, 6) is 2.43. The Kier molecular flexibility index (Phi) is 4.56. The van der Waals surface area contributed by atoms with E-state index in [1.807, 2.05) is 45.0 Å². The fraction of sp³-hybridized carbons (Fsp3) is 0.381. The van der Waals surface area contributed by atoms with Gasteiger partial charge in [-0.1, -0.05) is 0 Å². The summed E-state index contributed by atoms with van der Waals surface area (Å²) in [5.41, 5.74) is 4.08. The van der Waals surface area contributed by atoms with Gasteiger partial charge in [-0.15, -0.1) is 0 Å². The molecule has 4 rings (SSSR count). The molecule has 0 radical (unpaired) electrons. The van der Waals surface area contributed by atoms with Crippen LogP contribution in [0.3, 0.4) is 0 Å². The number of rotatable bonds is 5. The summed E-state index contributed by atoms with van der Waals surface area (Å²) in [5, 5.41) is 0. The Hall–Kier alpha value is -2.89. The Morgan fingerprint density at radius 1 is 0.889 bits per heavy atom. The number of fused-ring (bicyclic) bond motifs is 2.